The van der Waals surface area contributed by atoms with Gasteiger partial charge in [-0.2, -0.15) is 39.9 Å². The second-order valence-electron chi connectivity index (χ2n) is 29.0. The van der Waals surface area contributed by atoms with Gasteiger partial charge in [-0.05, 0) is 120 Å². The van der Waals surface area contributed by atoms with Gasteiger partial charge in [0.25, 0.3) is 5.71 Å². The number of aromatic nitrogens is 16. The Morgan fingerprint density at radius 1 is 0.393 bits per heavy atom. The number of nitrogens with one attached hydrogen (secondary N) is 2. The van der Waals surface area contributed by atoms with Gasteiger partial charge in [0, 0.05) is 56.7 Å². The standard InChI is InChI=1S/C14H12N4O.C13H11N5O.2C13H10N4O3.2C12H13N5O2.C12H8N4O3/c15-13-5-9-7-17-12(6-11(9)14(16)18-13)8-2-1-3-10(19)4-8;14-12-9-5-10(7-2-1-3-8(19)4-7)16-6-11(9)17-13(15)18-12;14-12-11-10(16-13(15)17-12)8(19)5-9(20-11)6-2-1-3-7(18)4-6;14-11-9-10(19)8(6-2-1-3-7(18)4-6)5-20-12(9)17-13(15)16-11;13-10-9-11(17-12(14)16-10)19-5-8(15-9)6-2-1-3-7(18)4-6;13-10-9-11(17-12(14)16-10)15-5-8(19-9)6-2-1-3-7(18)4-6;13-12-14-10-8(18)5-9(19-11(10)15-16-12)6-2-1-3-7(17)4-6/h1-7,19H,(H4,15,16,18);1-6,19H,(H4,14,15,17,18);2*1-5,18H,(H4,14,15,16,17);1-4,8,15,18H,5H2,(H4,13,14,16,17);1-4,8,18H,5H2,(H5,13,14,15,16,17);1-5,17H,(H2,13,14,16). The molecule has 46 heteroatoms. The first-order valence-electron chi connectivity index (χ1n) is 39.6. The molecular formula is C89H77N31O15. The van der Waals surface area contributed by atoms with E-state index in [1.807, 2.05) is 30.3 Å². The largest absolute Gasteiger partial charge is 0.508 e. The van der Waals surface area contributed by atoms with E-state index >= 15 is 0 Å². The van der Waals surface area contributed by atoms with Crippen LogP contribution in [0, 0.1) is 0 Å². The maximum Gasteiger partial charge on any atom is 0.269 e. The minimum atomic E-state index is -0.384. The van der Waals surface area contributed by atoms with Crippen LogP contribution in [0.25, 0.3) is 111 Å². The number of phenols is 7. The summed E-state index contributed by atoms with van der Waals surface area (Å²) in [5.41, 5.74) is 79.8. The fourth-order valence-corrected chi connectivity index (χ4v) is 13.4. The molecule has 0 bridgehead atoms. The number of pyridine rings is 3. The molecule has 2 atom stereocenters. The summed E-state index contributed by atoms with van der Waals surface area (Å²) < 4.78 is 27.6. The average molecular weight is 1820 g/mol. The summed E-state index contributed by atoms with van der Waals surface area (Å²) in [6.07, 6.45) is 4.27. The van der Waals surface area contributed by atoms with E-state index in [0.717, 1.165) is 38.7 Å². The average Bonchev–Trinajstić information content (AvgIpc) is 0.778. The second-order valence-corrected chi connectivity index (χ2v) is 29.0. The number of anilines is 15. The molecular weight excluding hydrogens is 1740 g/mol. The van der Waals surface area contributed by atoms with Gasteiger partial charge in [0.1, 0.15) is 105 Å². The van der Waals surface area contributed by atoms with Crippen molar-refractivity contribution in [1.82, 2.24) is 80.0 Å². The van der Waals surface area contributed by atoms with Crippen LogP contribution in [0.1, 0.15) is 23.3 Å². The van der Waals surface area contributed by atoms with Gasteiger partial charge >= 0.3 is 0 Å². The van der Waals surface area contributed by atoms with E-state index < -0.39 is 0 Å². The van der Waals surface area contributed by atoms with Crippen LogP contribution in [0.3, 0.4) is 0 Å². The highest BCUT2D eigenvalue weighted by molar-refractivity contribution is 5.95. The lowest BCUT2D eigenvalue weighted by molar-refractivity contribution is 0.209. The minimum absolute atomic E-state index is 0.0000397. The predicted octanol–water partition coefficient (Wildman–Crippen LogP) is 8.69. The molecule has 46 nitrogen and oxygen atoms in total. The number of benzene rings is 7. The monoisotopic (exact) mass is 1820 g/mol. The normalized spacial score (nSPS) is 12.6. The number of fused-ring (bicyclic) bond motifs is 7. The highest BCUT2D eigenvalue weighted by atomic mass is 16.5. The Kier molecular flexibility index (Phi) is 25.6. The van der Waals surface area contributed by atoms with Crippen molar-refractivity contribution in [3.05, 3.63) is 261 Å². The molecule has 2 unspecified atom stereocenters. The van der Waals surface area contributed by atoms with E-state index in [9.17, 15) is 50.1 Å². The van der Waals surface area contributed by atoms with Crippen LogP contribution in [-0.4, -0.2) is 129 Å². The molecule has 2 aliphatic rings. The van der Waals surface area contributed by atoms with Gasteiger partial charge in [0.15, 0.2) is 39.9 Å². The summed E-state index contributed by atoms with van der Waals surface area (Å²) in [7, 11) is 0. The van der Waals surface area contributed by atoms with Crippen LogP contribution in [0.2, 0.25) is 0 Å². The first-order valence-corrected chi connectivity index (χ1v) is 39.6. The van der Waals surface area contributed by atoms with Crippen molar-refractivity contribution in [3.63, 3.8) is 0 Å². The number of nitrogen functional groups attached to an aromatic ring is 13. The number of hydrogen-bond acceptors (Lipinski definition) is 46. The van der Waals surface area contributed by atoms with Gasteiger partial charge in [-0.25, -0.2) is 19.9 Å². The third-order valence-corrected chi connectivity index (χ3v) is 19.5. The van der Waals surface area contributed by atoms with Gasteiger partial charge in [0.2, 0.25) is 69.3 Å². The van der Waals surface area contributed by atoms with Crippen molar-refractivity contribution in [2.45, 2.75) is 12.1 Å². The first kappa shape index (κ1) is 89.6. The molecule has 0 aliphatic carbocycles. The van der Waals surface area contributed by atoms with Gasteiger partial charge in [-0.1, -0.05) is 84.9 Å². The summed E-state index contributed by atoms with van der Waals surface area (Å²) in [4.78, 5) is 91.7. The summed E-state index contributed by atoms with van der Waals surface area (Å²) in [6.45, 7) is 0.874. The highest BCUT2D eigenvalue weighted by Gasteiger charge is 2.28. The number of hydrogen-bond donors (Lipinski definition) is 22. The minimum Gasteiger partial charge on any atom is -0.508 e. The SMILES string of the molecule is Nc1cc2cnc(-c3cccc(O)c3)cc2c(N)n1.Nc1nc(N)c2c(=O)c(-c3cccc(O)c3)coc2n1.Nc1nc(N)c2c(n1)NCC(c1cccc(O)c1)O2.Nc1nc(N)c2c(n1)OCC(c1cccc(O)c1)N2.Nc1nc(N)c2cc(-c3cccc(O)c3)ncc2n1.Nc1nc(N)c2oc(-c3cccc(O)c3)cc(=O)c2n1.Nc1nnc2oc(-c3cccc(O)c3)cc(=O)c2n1. The zero-order valence-electron chi connectivity index (χ0n) is 69.9. The molecule has 19 aromatic rings. The Morgan fingerprint density at radius 3 is 1.52 bits per heavy atom. The first-order chi connectivity index (χ1) is 64.8. The number of aromatic hydroxyl groups is 7. The fourth-order valence-electron chi connectivity index (χ4n) is 13.4. The molecule has 678 valence electrons. The lowest BCUT2D eigenvalue weighted by Gasteiger charge is -2.27. The van der Waals surface area contributed by atoms with Crippen LogP contribution in [0.5, 0.6) is 51.9 Å². The van der Waals surface area contributed by atoms with Crippen molar-refractivity contribution in [3.8, 4) is 108 Å². The van der Waals surface area contributed by atoms with Crippen molar-refractivity contribution < 1.29 is 58.5 Å². The van der Waals surface area contributed by atoms with E-state index in [1.54, 1.807) is 134 Å². The molecule has 135 heavy (non-hydrogen) atoms. The second kappa shape index (κ2) is 38.5. The third-order valence-electron chi connectivity index (χ3n) is 19.5. The molecule has 14 heterocycles. The fraction of sp³-hybridized carbons (Fsp3) is 0.0449. The smallest absolute Gasteiger partial charge is 0.269 e. The van der Waals surface area contributed by atoms with Gasteiger partial charge < -0.3 is 144 Å². The molecule has 35 N–H and O–H groups in total. The Bertz CT molecular complexity index is 7720. The molecule has 0 spiro atoms. The van der Waals surface area contributed by atoms with Crippen molar-refractivity contribution >= 4 is 143 Å². The molecule has 0 saturated carbocycles. The number of rotatable bonds is 7. The van der Waals surface area contributed by atoms with E-state index in [2.05, 4.69) is 90.6 Å². The van der Waals surface area contributed by atoms with E-state index in [4.69, 9.17) is 97.3 Å². The maximum atomic E-state index is 12.4. The number of ether oxygens (including phenoxy) is 2. The molecule has 2 aliphatic heterocycles. The van der Waals surface area contributed by atoms with Crippen LogP contribution >= 0.6 is 0 Å². The summed E-state index contributed by atoms with van der Waals surface area (Å²) in [5, 5.41) is 82.2. The van der Waals surface area contributed by atoms with Gasteiger partial charge in [-0.15, -0.1) is 10.2 Å². The number of phenolic OH excluding ortho intramolecular Hbond substituents is 7. The molecule has 21 rings (SSSR count). The van der Waals surface area contributed by atoms with Crippen LogP contribution in [-0.2, 0) is 0 Å². The quantitative estimate of drug-likeness (QED) is 0.0709. The lowest BCUT2D eigenvalue weighted by Crippen LogP contribution is -2.26. The third kappa shape index (κ3) is 21.1. The van der Waals surface area contributed by atoms with Crippen LogP contribution in [0.15, 0.2) is 246 Å². The molecule has 7 aromatic carbocycles. The topological polar surface area (TPSA) is 819 Å². The van der Waals surface area contributed by atoms with Crippen LogP contribution < -0.4 is 111 Å². The Balaban J connectivity index is 0.000000120. The zero-order valence-corrected chi connectivity index (χ0v) is 69.9. The van der Waals surface area contributed by atoms with Gasteiger partial charge in [-0.3, -0.25) is 24.4 Å². The lowest BCUT2D eigenvalue weighted by atomic mass is 10.1. The summed E-state index contributed by atoms with van der Waals surface area (Å²) >= 11 is 0. The maximum absolute atomic E-state index is 12.4. The summed E-state index contributed by atoms with van der Waals surface area (Å²) in [6, 6.07) is 54.2. The van der Waals surface area contributed by atoms with Crippen LogP contribution in [0.4, 0.5) is 87.9 Å². The number of nitrogens with two attached hydrogens (primary N) is 13. The molecule has 0 amide bonds. The predicted molar refractivity (Wildman–Crippen MR) is 506 cm³/mol. The van der Waals surface area contributed by atoms with E-state index in [-0.39, 0.29) is 178 Å². The van der Waals surface area contributed by atoms with E-state index in [0.29, 0.717) is 87.0 Å². The molecule has 12 aromatic heterocycles. The van der Waals surface area contributed by atoms with Gasteiger partial charge in [0.05, 0.1) is 41.3 Å². The zero-order chi connectivity index (χ0) is 95.6. The van der Waals surface area contributed by atoms with Crippen molar-refractivity contribution in [1.29, 1.82) is 0 Å². The Morgan fingerprint density at radius 2 is 0.881 bits per heavy atom. The van der Waals surface area contributed by atoms with E-state index in [1.165, 1.54) is 54.8 Å². The van der Waals surface area contributed by atoms with Crippen molar-refractivity contribution in [2.75, 3.05) is 98.3 Å². The Hall–Kier alpha value is -20.2. The Labute approximate surface area is 757 Å². The highest BCUT2D eigenvalue weighted by Crippen LogP contribution is 2.40. The molecule has 0 saturated heterocycles. The molecule has 0 radical (unpaired) electrons. The van der Waals surface area contributed by atoms with Crippen molar-refractivity contribution in [2.24, 2.45) is 0 Å². The summed E-state index contributed by atoms with van der Waals surface area (Å²) in [5.74, 6) is 4.20. The number of nitrogens with zero attached hydrogens (tertiary/aromatic N) is 16. The molecule has 0 fully saturated rings.